The van der Waals surface area contributed by atoms with Crippen LogP contribution in [0.4, 0.5) is 0 Å². The first-order chi connectivity index (χ1) is 9.06. The van der Waals surface area contributed by atoms with Gasteiger partial charge in [-0.05, 0) is 26.5 Å². The molecule has 1 rings (SSSR count). The minimum absolute atomic E-state index is 0.139. The Hall–Kier alpha value is -1.55. The van der Waals surface area contributed by atoms with Crippen LogP contribution in [0.15, 0.2) is 24.3 Å². The lowest BCUT2D eigenvalue weighted by molar-refractivity contribution is -0.128. The van der Waals surface area contributed by atoms with Gasteiger partial charge in [-0.15, -0.1) is 0 Å². The Bertz CT molecular complexity index is 405. The molecule has 0 fully saturated rings. The van der Waals surface area contributed by atoms with Gasteiger partial charge in [0.25, 0.3) is 0 Å². The normalized spacial score (nSPS) is 12.0. The number of carbonyl (C=O) groups excluding carboxylic acids is 1. The summed E-state index contributed by atoms with van der Waals surface area (Å²) in [7, 11) is 5.47. The minimum atomic E-state index is 0.139. The molecule has 1 unspecified atom stereocenters. The van der Waals surface area contributed by atoms with Crippen molar-refractivity contribution in [2.45, 2.75) is 25.8 Å². The van der Waals surface area contributed by atoms with E-state index in [1.165, 1.54) is 0 Å². The first-order valence-electron chi connectivity index (χ1n) is 6.65. The quantitative estimate of drug-likeness (QED) is 0.768. The fraction of sp³-hybridized carbons (Fsp3) is 0.533. The van der Waals surface area contributed by atoms with Crippen LogP contribution in [0.25, 0.3) is 0 Å². The van der Waals surface area contributed by atoms with Crippen LogP contribution in [0.2, 0.25) is 0 Å². The van der Waals surface area contributed by atoms with Gasteiger partial charge in [0.05, 0.1) is 6.61 Å². The molecule has 0 aliphatic heterocycles. The number of carbonyl (C=O) groups is 1. The van der Waals surface area contributed by atoms with Crippen molar-refractivity contribution in [2.24, 2.45) is 0 Å². The van der Waals surface area contributed by atoms with Gasteiger partial charge in [-0.25, -0.2) is 0 Å². The average Bonchev–Trinajstić information content (AvgIpc) is 2.42. The topological polar surface area (TPSA) is 41.6 Å². The van der Waals surface area contributed by atoms with E-state index in [1.54, 1.807) is 19.0 Å². The van der Waals surface area contributed by atoms with Crippen molar-refractivity contribution in [3.63, 3.8) is 0 Å². The Morgan fingerprint density at radius 3 is 2.68 bits per heavy atom. The molecule has 0 radical (unpaired) electrons. The fourth-order valence-electron chi connectivity index (χ4n) is 1.75. The molecule has 1 atom stereocenters. The first kappa shape index (κ1) is 15.5. The van der Waals surface area contributed by atoms with E-state index in [0.29, 0.717) is 13.0 Å². The summed E-state index contributed by atoms with van der Waals surface area (Å²) in [5, 5.41) is 3.20. The number of hydrogen-bond donors (Lipinski definition) is 1. The first-order valence-corrected chi connectivity index (χ1v) is 6.65. The number of para-hydroxylation sites is 1. The standard InChI is InChI=1S/C15H24N2O2/c1-12(16-2)13-8-5-6-9-14(13)19-11-7-10-15(18)17(3)4/h5-6,8-9,12,16H,7,10-11H2,1-4H3. The molecular formula is C15H24N2O2. The highest BCUT2D eigenvalue weighted by Crippen LogP contribution is 2.24. The largest absolute Gasteiger partial charge is 0.493 e. The van der Waals surface area contributed by atoms with Crippen molar-refractivity contribution >= 4 is 5.91 Å². The molecule has 0 aliphatic carbocycles. The molecule has 1 aromatic rings. The second kappa shape index (κ2) is 7.79. The molecule has 0 spiro atoms. The van der Waals surface area contributed by atoms with E-state index in [9.17, 15) is 4.79 Å². The predicted octanol–water partition coefficient (Wildman–Crippen LogP) is 2.21. The van der Waals surface area contributed by atoms with Crippen LogP contribution in [0.5, 0.6) is 5.75 Å². The van der Waals surface area contributed by atoms with Gasteiger partial charge in [0, 0.05) is 32.1 Å². The SMILES string of the molecule is CNC(C)c1ccccc1OCCCC(=O)N(C)C. The summed E-state index contributed by atoms with van der Waals surface area (Å²) in [4.78, 5) is 13.0. The lowest BCUT2D eigenvalue weighted by atomic mass is 10.1. The van der Waals surface area contributed by atoms with Crippen molar-refractivity contribution in [1.82, 2.24) is 10.2 Å². The predicted molar refractivity (Wildman–Crippen MR) is 77.3 cm³/mol. The van der Waals surface area contributed by atoms with Crippen LogP contribution < -0.4 is 10.1 Å². The van der Waals surface area contributed by atoms with E-state index < -0.39 is 0 Å². The molecule has 4 nitrogen and oxygen atoms in total. The molecule has 0 aliphatic rings. The number of ether oxygens (including phenoxy) is 1. The van der Waals surface area contributed by atoms with E-state index in [1.807, 2.05) is 25.2 Å². The van der Waals surface area contributed by atoms with Crippen LogP contribution in [-0.4, -0.2) is 38.6 Å². The van der Waals surface area contributed by atoms with E-state index in [2.05, 4.69) is 18.3 Å². The molecule has 0 saturated carbocycles. The fourth-order valence-corrected chi connectivity index (χ4v) is 1.75. The molecule has 0 heterocycles. The van der Waals surface area contributed by atoms with Crippen molar-refractivity contribution in [2.75, 3.05) is 27.7 Å². The molecule has 1 N–H and O–H groups in total. The third-order valence-electron chi connectivity index (χ3n) is 3.11. The molecular weight excluding hydrogens is 240 g/mol. The molecule has 0 bridgehead atoms. The molecule has 19 heavy (non-hydrogen) atoms. The number of amides is 1. The summed E-state index contributed by atoms with van der Waals surface area (Å²) < 4.78 is 5.78. The zero-order valence-electron chi connectivity index (χ0n) is 12.3. The molecule has 1 aromatic carbocycles. The maximum absolute atomic E-state index is 11.4. The van der Waals surface area contributed by atoms with Gasteiger partial charge < -0.3 is 15.0 Å². The van der Waals surface area contributed by atoms with Crippen LogP contribution in [0.3, 0.4) is 0 Å². The van der Waals surface area contributed by atoms with Gasteiger partial charge in [0.2, 0.25) is 5.91 Å². The number of hydrogen-bond acceptors (Lipinski definition) is 3. The summed E-state index contributed by atoms with van der Waals surface area (Å²) >= 11 is 0. The van der Waals surface area contributed by atoms with Crippen LogP contribution in [0.1, 0.15) is 31.4 Å². The third kappa shape index (κ3) is 4.91. The van der Waals surface area contributed by atoms with Gasteiger partial charge in [0.1, 0.15) is 5.75 Å². The molecule has 0 saturated heterocycles. The number of nitrogens with one attached hydrogen (secondary N) is 1. The summed E-state index contributed by atoms with van der Waals surface area (Å²) in [5.74, 6) is 1.03. The number of rotatable bonds is 7. The Kier molecular flexibility index (Phi) is 6.36. The smallest absolute Gasteiger partial charge is 0.222 e. The average molecular weight is 264 g/mol. The summed E-state index contributed by atoms with van der Waals surface area (Å²) in [5.41, 5.74) is 1.14. The second-order valence-corrected chi connectivity index (χ2v) is 4.79. The van der Waals surface area contributed by atoms with E-state index in [0.717, 1.165) is 17.7 Å². The lowest BCUT2D eigenvalue weighted by Gasteiger charge is -2.16. The third-order valence-corrected chi connectivity index (χ3v) is 3.11. The Balaban J connectivity index is 2.47. The van der Waals surface area contributed by atoms with Gasteiger partial charge in [0.15, 0.2) is 0 Å². The maximum atomic E-state index is 11.4. The lowest BCUT2D eigenvalue weighted by Crippen LogP contribution is -2.21. The van der Waals surface area contributed by atoms with Gasteiger partial charge in [-0.1, -0.05) is 18.2 Å². The monoisotopic (exact) mass is 264 g/mol. The zero-order chi connectivity index (χ0) is 14.3. The number of benzene rings is 1. The maximum Gasteiger partial charge on any atom is 0.222 e. The Labute approximate surface area is 115 Å². The molecule has 106 valence electrons. The van der Waals surface area contributed by atoms with Gasteiger partial charge in [-0.2, -0.15) is 0 Å². The highest BCUT2D eigenvalue weighted by atomic mass is 16.5. The van der Waals surface area contributed by atoms with E-state index in [4.69, 9.17) is 4.74 Å². The van der Waals surface area contributed by atoms with Crippen molar-refractivity contribution in [3.8, 4) is 5.75 Å². The highest BCUT2D eigenvalue weighted by molar-refractivity contribution is 5.75. The van der Waals surface area contributed by atoms with Crippen LogP contribution in [0, 0.1) is 0 Å². The minimum Gasteiger partial charge on any atom is -0.493 e. The summed E-state index contributed by atoms with van der Waals surface area (Å²) in [6.45, 7) is 2.66. The second-order valence-electron chi connectivity index (χ2n) is 4.79. The molecule has 1 amide bonds. The Morgan fingerprint density at radius 2 is 2.05 bits per heavy atom. The molecule has 0 aromatic heterocycles. The van der Waals surface area contributed by atoms with Crippen LogP contribution in [-0.2, 0) is 4.79 Å². The van der Waals surface area contributed by atoms with Crippen molar-refractivity contribution < 1.29 is 9.53 Å². The molecule has 4 heteroatoms. The van der Waals surface area contributed by atoms with E-state index >= 15 is 0 Å². The highest BCUT2D eigenvalue weighted by Gasteiger charge is 2.09. The van der Waals surface area contributed by atoms with Gasteiger partial charge in [-0.3, -0.25) is 4.79 Å². The summed E-state index contributed by atoms with van der Waals surface area (Å²) in [6.07, 6.45) is 1.26. The van der Waals surface area contributed by atoms with Gasteiger partial charge >= 0.3 is 0 Å². The van der Waals surface area contributed by atoms with Crippen molar-refractivity contribution in [1.29, 1.82) is 0 Å². The van der Waals surface area contributed by atoms with Crippen molar-refractivity contribution in [3.05, 3.63) is 29.8 Å². The van der Waals surface area contributed by atoms with E-state index in [-0.39, 0.29) is 11.9 Å². The van der Waals surface area contributed by atoms with Crippen LogP contribution >= 0.6 is 0 Å². The zero-order valence-corrected chi connectivity index (χ0v) is 12.3. The Morgan fingerprint density at radius 1 is 1.37 bits per heavy atom. The summed E-state index contributed by atoms with van der Waals surface area (Å²) in [6, 6.07) is 8.25. The number of nitrogens with zero attached hydrogens (tertiary/aromatic N) is 1.